The molecule has 1 heterocycles. The number of aromatic carboxylic acids is 1. The molecule has 1 aliphatic heterocycles. The zero-order valence-electron chi connectivity index (χ0n) is 18.6. The highest BCUT2D eigenvalue weighted by Crippen LogP contribution is 2.43. The molecule has 0 spiro atoms. The summed E-state index contributed by atoms with van der Waals surface area (Å²) < 4.78 is 6.30. The van der Waals surface area contributed by atoms with Crippen molar-refractivity contribution in [2.45, 2.75) is 27.7 Å². The van der Waals surface area contributed by atoms with E-state index in [9.17, 15) is 15.1 Å². The maximum Gasteiger partial charge on any atom is 0.336 e. The molecule has 2 aliphatic rings. The van der Waals surface area contributed by atoms with Gasteiger partial charge in [0, 0.05) is 41.7 Å². The molecule has 32 heavy (non-hydrogen) atoms. The van der Waals surface area contributed by atoms with Gasteiger partial charge in [-0.25, -0.2) is 4.79 Å². The maximum atomic E-state index is 12.0. The van der Waals surface area contributed by atoms with Crippen LogP contribution in [0.2, 0.25) is 0 Å². The van der Waals surface area contributed by atoms with Crippen LogP contribution < -0.4 is 10.4 Å². The van der Waals surface area contributed by atoms with Crippen LogP contribution in [0.1, 0.15) is 35.3 Å². The number of hydrogen-bond donors (Lipinski definition) is 2. The van der Waals surface area contributed by atoms with E-state index in [0.717, 1.165) is 33.0 Å². The summed E-state index contributed by atoms with van der Waals surface area (Å²) in [6.07, 6.45) is 0. The normalized spacial score (nSPS) is 12.0. The van der Waals surface area contributed by atoms with Crippen molar-refractivity contribution in [1.82, 2.24) is 0 Å². The minimum Gasteiger partial charge on any atom is -0.478 e. The van der Waals surface area contributed by atoms with Gasteiger partial charge < -0.3 is 9.52 Å². The molecule has 0 aromatic heterocycles. The molecule has 6 nitrogen and oxygen atoms in total. The van der Waals surface area contributed by atoms with Gasteiger partial charge in [-0.3, -0.25) is 15.3 Å². The van der Waals surface area contributed by atoms with E-state index in [1.807, 2.05) is 58.0 Å². The number of benzene rings is 3. The van der Waals surface area contributed by atoms with Crippen LogP contribution in [0.15, 0.2) is 57.9 Å². The van der Waals surface area contributed by atoms with Gasteiger partial charge in [0.2, 0.25) is 0 Å². The molecular formula is C26H26N2O4. The molecule has 2 aromatic rings. The van der Waals surface area contributed by atoms with E-state index >= 15 is 0 Å². The van der Waals surface area contributed by atoms with E-state index in [1.54, 1.807) is 18.2 Å². The fourth-order valence-corrected chi connectivity index (χ4v) is 4.14. The number of carboxylic acid groups (broad SMARTS) is 1. The Morgan fingerprint density at radius 2 is 1.78 bits per heavy atom. The first-order valence-corrected chi connectivity index (χ1v) is 10.7. The first-order valence-electron chi connectivity index (χ1n) is 10.7. The minimum absolute atomic E-state index is 0.223. The number of carbonyl (C=O) groups is 1. The summed E-state index contributed by atoms with van der Waals surface area (Å²) in [6, 6.07) is 14.7. The van der Waals surface area contributed by atoms with Gasteiger partial charge in [-0.15, -0.1) is 0 Å². The Balaban J connectivity index is 2.21. The van der Waals surface area contributed by atoms with Gasteiger partial charge in [0.1, 0.15) is 11.3 Å². The Hall–Kier alpha value is -3.64. The van der Waals surface area contributed by atoms with Crippen LogP contribution in [0, 0.1) is 13.8 Å². The molecule has 0 fully saturated rings. The second kappa shape index (κ2) is 8.48. The molecule has 0 unspecified atom stereocenters. The Labute approximate surface area is 186 Å². The number of hydroxylamine groups is 1. The van der Waals surface area contributed by atoms with Gasteiger partial charge in [-0.2, -0.15) is 0 Å². The summed E-state index contributed by atoms with van der Waals surface area (Å²) in [4.78, 5) is 16.6. The molecule has 0 radical (unpaired) electrons. The molecule has 0 bridgehead atoms. The zero-order chi connectivity index (χ0) is 23.0. The fraction of sp³-hybridized carbons (Fsp3) is 0.231. The lowest BCUT2D eigenvalue weighted by Crippen LogP contribution is -2.17. The number of rotatable bonds is 5. The lowest BCUT2D eigenvalue weighted by atomic mass is 9.89. The third-order valence-electron chi connectivity index (χ3n) is 5.69. The number of nitrogens with zero attached hydrogens (tertiary/aromatic N) is 2. The van der Waals surface area contributed by atoms with Gasteiger partial charge in [0.25, 0.3) is 0 Å². The van der Waals surface area contributed by atoms with Crippen molar-refractivity contribution >= 4 is 22.6 Å². The van der Waals surface area contributed by atoms with E-state index in [1.165, 1.54) is 5.06 Å². The van der Waals surface area contributed by atoms with Gasteiger partial charge in [0.15, 0.2) is 0 Å². The molecule has 0 amide bonds. The maximum absolute atomic E-state index is 12.0. The molecule has 0 saturated carbocycles. The number of carboxylic acids is 1. The van der Waals surface area contributed by atoms with Crippen LogP contribution >= 0.6 is 0 Å². The molecule has 1 aliphatic carbocycles. The van der Waals surface area contributed by atoms with Crippen molar-refractivity contribution in [3.05, 3.63) is 70.6 Å². The predicted octanol–water partition coefficient (Wildman–Crippen LogP) is 5.66. The van der Waals surface area contributed by atoms with E-state index < -0.39 is 5.97 Å². The van der Waals surface area contributed by atoms with Crippen LogP contribution in [0.25, 0.3) is 33.4 Å². The minimum atomic E-state index is -0.988. The third-order valence-corrected chi connectivity index (χ3v) is 5.69. The van der Waals surface area contributed by atoms with Crippen LogP contribution in [0.4, 0.5) is 5.69 Å². The van der Waals surface area contributed by atoms with Crippen molar-refractivity contribution < 1.29 is 19.5 Å². The lowest BCUT2D eigenvalue weighted by molar-refractivity contribution is 0.0697. The average Bonchev–Trinajstić information content (AvgIpc) is 2.78. The Bertz CT molecular complexity index is 1370. The SMILES string of the molecule is CCN=c1cc2oc3cc(N(O)CC)c(C)cc3c(-c3ccccc3C(=O)O)c-2cc1C. The Morgan fingerprint density at radius 3 is 2.47 bits per heavy atom. The molecular weight excluding hydrogens is 404 g/mol. The van der Waals surface area contributed by atoms with Gasteiger partial charge in [0.05, 0.1) is 16.6 Å². The number of anilines is 1. The van der Waals surface area contributed by atoms with Crippen molar-refractivity contribution in [2.24, 2.45) is 4.99 Å². The number of aryl methyl sites for hydroxylation is 2. The summed E-state index contributed by atoms with van der Waals surface area (Å²) in [5, 5.41) is 23.0. The van der Waals surface area contributed by atoms with Gasteiger partial charge >= 0.3 is 5.97 Å². The predicted molar refractivity (Wildman–Crippen MR) is 126 cm³/mol. The van der Waals surface area contributed by atoms with E-state index in [-0.39, 0.29) is 5.56 Å². The molecule has 0 atom stereocenters. The number of hydrogen-bond acceptors (Lipinski definition) is 5. The van der Waals surface area contributed by atoms with Crippen molar-refractivity contribution in [1.29, 1.82) is 0 Å². The first-order chi connectivity index (χ1) is 15.3. The lowest BCUT2D eigenvalue weighted by Gasteiger charge is -2.21. The van der Waals surface area contributed by atoms with E-state index in [4.69, 9.17) is 4.42 Å². The zero-order valence-corrected chi connectivity index (χ0v) is 18.6. The summed E-state index contributed by atoms with van der Waals surface area (Å²) in [6.45, 7) is 8.81. The highest BCUT2D eigenvalue weighted by Gasteiger charge is 2.23. The highest BCUT2D eigenvalue weighted by molar-refractivity contribution is 6.08. The molecule has 4 rings (SSSR count). The van der Waals surface area contributed by atoms with E-state index in [0.29, 0.717) is 35.7 Å². The first kappa shape index (κ1) is 21.6. The smallest absolute Gasteiger partial charge is 0.336 e. The van der Waals surface area contributed by atoms with Crippen LogP contribution in [-0.2, 0) is 0 Å². The van der Waals surface area contributed by atoms with E-state index in [2.05, 4.69) is 4.99 Å². The van der Waals surface area contributed by atoms with Crippen LogP contribution in [0.5, 0.6) is 0 Å². The third kappa shape index (κ3) is 3.63. The molecule has 6 heteroatoms. The van der Waals surface area contributed by atoms with Crippen molar-refractivity contribution in [3.63, 3.8) is 0 Å². The highest BCUT2D eigenvalue weighted by atomic mass is 16.5. The average molecular weight is 431 g/mol. The monoisotopic (exact) mass is 430 g/mol. The Morgan fingerprint density at radius 1 is 1.03 bits per heavy atom. The second-order valence-electron chi connectivity index (χ2n) is 7.79. The fourth-order valence-electron chi connectivity index (χ4n) is 4.14. The summed E-state index contributed by atoms with van der Waals surface area (Å²) in [7, 11) is 0. The summed E-state index contributed by atoms with van der Waals surface area (Å²) in [5.41, 5.74) is 5.51. The molecule has 164 valence electrons. The molecule has 2 N–H and O–H groups in total. The Kier molecular flexibility index (Phi) is 5.72. The largest absolute Gasteiger partial charge is 0.478 e. The summed E-state index contributed by atoms with van der Waals surface area (Å²) in [5.74, 6) is -0.376. The molecule has 2 aromatic carbocycles. The standard InChI is InChI=1S/C26H26N2O4/c1-5-27-21-13-23-19(11-15(21)3)25(17-9-7-8-10-18(17)26(29)30)20-12-16(4)22(28(31)6-2)14-24(20)32-23/h7-14,31H,5-6H2,1-4H3,(H,29,30). The van der Waals surface area contributed by atoms with Crippen molar-refractivity contribution in [3.8, 4) is 22.5 Å². The topological polar surface area (TPSA) is 86.3 Å². The van der Waals surface area contributed by atoms with Crippen molar-refractivity contribution in [2.75, 3.05) is 18.2 Å². The van der Waals surface area contributed by atoms with Gasteiger partial charge in [-0.05, 0) is 62.6 Å². The van der Waals surface area contributed by atoms with Crippen LogP contribution in [-0.4, -0.2) is 29.4 Å². The van der Waals surface area contributed by atoms with Gasteiger partial charge in [-0.1, -0.05) is 18.2 Å². The quantitative estimate of drug-likeness (QED) is 0.315. The number of fused-ring (bicyclic) bond motifs is 2. The van der Waals surface area contributed by atoms with Crippen LogP contribution in [0.3, 0.4) is 0 Å². The summed E-state index contributed by atoms with van der Waals surface area (Å²) >= 11 is 0. The second-order valence-corrected chi connectivity index (χ2v) is 7.79. The molecule has 0 saturated heterocycles.